The summed E-state index contributed by atoms with van der Waals surface area (Å²) >= 11 is 3.03. The molecule has 2 aromatic carbocycles. The molecule has 0 spiro atoms. The highest BCUT2D eigenvalue weighted by atomic mass is 79.9. The van der Waals surface area contributed by atoms with Gasteiger partial charge in [-0.3, -0.25) is 5.32 Å². The number of aromatic nitrogens is 1. The van der Waals surface area contributed by atoms with Crippen LogP contribution in [-0.2, 0) is 4.74 Å². The summed E-state index contributed by atoms with van der Waals surface area (Å²) in [6.45, 7) is 0.136. The molecule has 0 saturated heterocycles. The van der Waals surface area contributed by atoms with Gasteiger partial charge in [0.05, 0.1) is 0 Å². The smallest absolute Gasteiger partial charge is 0.414 e. The Morgan fingerprint density at radius 3 is 2.26 bits per heavy atom. The topological polar surface area (TPSA) is 102 Å². The Bertz CT molecular complexity index is 1000. The summed E-state index contributed by atoms with van der Waals surface area (Å²) in [6.07, 6.45) is -0.759. The number of hydrogen-bond donors (Lipinski definition) is 2. The number of aromatic carboxylic acids is 1. The van der Waals surface area contributed by atoms with Crippen molar-refractivity contribution in [1.82, 2.24) is 5.16 Å². The standard InChI is InChI=1S/C19H13BrN2O5/c20-15-16(18(23)24)22-27-17(15)21-19(25)26-9-14-12-7-3-1-5-10(12)11-6-2-4-8-13(11)14/h1-8,14H,9H2,(H,21,25)(H,23,24). The average Bonchev–Trinajstić information content (AvgIpc) is 3.18. The lowest BCUT2D eigenvalue weighted by Crippen LogP contribution is -2.17. The van der Waals surface area contributed by atoms with Gasteiger partial charge in [0, 0.05) is 5.92 Å². The molecule has 1 aliphatic carbocycles. The summed E-state index contributed by atoms with van der Waals surface area (Å²) in [5.41, 5.74) is 4.13. The minimum absolute atomic E-state index is 0.0449. The molecule has 0 atom stereocenters. The lowest BCUT2D eigenvalue weighted by Gasteiger charge is -2.14. The van der Waals surface area contributed by atoms with Gasteiger partial charge in [-0.2, -0.15) is 0 Å². The third-order valence-corrected chi connectivity index (χ3v) is 5.13. The molecule has 8 heteroatoms. The fourth-order valence-corrected chi connectivity index (χ4v) is 3.63. The zero-order valence-corrected chi connectivity index (χ0v) is 15.4. The molecular weight excluding hydrogens is 416 g/mol. The zero-order valence-electron chi connectivity index (χ0n) is 13.8. The maximum absolute atomic E-state index is 12.1. The van der Waals surface area contributed by atoms with E-state index < -0.39 is 12.1 Å². The largest absolute Gasteiger partial charge is 0.476 e. The molecule has 7 nitrogen and oxygen atoms in total. The van der Waals surface area contributed by atoms with Crippen molar-refractivity contribution in [2.75, 3.05) is 11.9 Å². The number of carboxylic acid groups (broad SMARTS) is 1. The molecule has 0 radical (unpaired) electrons. The van der Waals surface area contributed by atoms with E-state index in [1.165, 1.54) is 0 Å². The van der Waals surface area contributed by atoms with E-state index in [0.717, 1.165) is 22.3 Å². The molecule has 0 saturated carbocycles. The maximum atomic E-state index is 12.1. The monoisotopic (exact) mass is 428 g/mol. The molecule has 1 amide bonds. The van der Waals surface area contributed by atoms with E-state index in [-0.39, 0.29) is 28.6 Å². The minimum Gasteiger partial charge on any atom is -0.476 e. The molecule has 0 unspecified atom stereocenters. The van der Waals surface area contributed by atoms with Crippen molar-refractivity contribution in [3.63, 3.8) is 0 Å². The number of carbonyl (C=O) groups excluding carboxylic acids is 1. The first-order valence-corrected chi connectivity index (χ1v) is 8.86. The van der Waals surface area contributed by atoms with Gasteiger partial charge in [-0.1, -0.05) is 53.7 Å². The highest BCUT2D eigenvalue weighted by Gasteiger charge is 2.29. The van der Waals surface area contributed by atoms with Crippen LogP contribution >= 0.6 is 15.9 Å². The second-order valence-electron chi connectivity index (χ2n) is 5.93. The summed E-state index contributed by atoms with van der Waals surface area (Å²) in [4.78, 5) is 23.1. The van der Waals surface area contributed by atoms with Gasteiger partial charge in [0.15, 0.2) is 0 Å². The van der Waals surface area contributed by atoms with Gasteiger partial charge in [0.1, 0.15) is 11.1 Å². The molecule has 2 N–H and O–H groups in total. The van der Waals surface area contributed by atoms with E-state index in [4.69, 9.17) is 14.4 Å². The summed E-state index contributed by atoms with van der Waals surface area (Å²) in [7, 11) is 0. The van der Waals surface area contributed by atoms with Crippen LogP contribution in [0.4, 0.5) is 10.7 Å². The van der Waals surface area contributed by atoms with E-state index in [0.29, 0.717) is 0 Å². The number of nitrogens with zero attached hydrogens (tertiary/aromatic N) is 1. The van der Waals surface area contributed by atoms with Crippen LogP contribution in [0.2, 0.25) is 0 Å². The fourth-order valence-electron chi connectivity index (χ4n) is 3.22. The first kappa shape index (κ1) is 17.3. The first-order valence-electron chi connectivity index (χ1n) is 8.06. The molecule has 27 heavy (non-hydrogen) atoms. The van der Waals surface area contributed by atoms with Gasteiger partial charge in [0.2, 0.25) is 11.6 Å². The number of rotatable bonds is 4. The Morgan fingerprint density at radius 1 is 1.11 bits per heavy atom. The van der Waals surface area contributed by atoms with Crippen molar-refractivity contribution >= 4 is 33.9 Å². The van der Waals surface area contributed by atoms with Gasteiger partial charge in [-0.05, 0) is 38.2 Å². The summed E-state index contributed by atoms with van der Waals surface area (Å²) in [6, 6.07) is 16.0. The molecule has 1 aliphatic rings. The number of nitrogens with one attached hydrogen (secondary N) is 1. The van der Waals surface area contributed by atoms with E-state index in [2.05, 4.69) is 26.4 Å². The zero-order chi connectivity index (χ0) is 19.0. The quantitative estimate of drug-likeness (QED) is 0.634. The predicted molar refractivity (Wildman–Crippen MR) is 99.9 cm³/mol. The number of anilines is 1. The van der Waals surface area contributed by atoms with E-state index >= 15 is 0 Å². The van der Waals surface area contributed by atoms with Crippen LogP contribution in [0.3, 0.4) is 0 Å². The molecule has 4 rings (SSSR count). The van der Waals surface area contributed by atoms with Crippen LogP contribution in [0.5, 0.6) is 0 Å². The van der Waals surface area contributed by atoms with Crippen molar-refractivity contribution in [2.45, 2.75) is 5.92 Å². The highest BCUT2D eigenvalue weighted by Crippen LogP contribution is 2.44. The van der Waals surface area contributed by atoms with Crippen molar-refractivity contribution in [1.29, 1.82) is 0 Å². The Balaban J connectivity index is 1.49. The number of ether oxygens (including phenoxy) is 1. The van der Waals surface area contributed by atoms with Crippen LogP contribution in [0.1, 0.15) is 27.5 Å². The Labute approximate surface area is 162 Å². The summed E-state index contributed by atoms with van der Waals surface area (Å²) in [5.74, 6) is -1.47. The lowest BCUT2D eigenvalue weighted by atomic mass is 9.98. The maximum Gasteiger partial charge on any atom is 0.414 e. The normalized spacial score (nSPS) is 12.3. The molecule has 0 aliphatic heterocycles. The van der Waals surface area contributed by atoms with Crippen molar-refractivity contribution in [2.24, 2.45) is 0 Å². The van der Waals surface area contributed by atoms with Crippen molar-refractivity contribution in [3.8, 4) is 11.1 Å². The lowest BCUT2D eigenvalue weighted by molar-refractivity contribution is 0.0685. The van der Waals surface area contributed by atoms with Crippen LogP contribution in [0.15, 0.2) is 57.5 Å². The number of carboxylic acids is 1. The van der Waals surface area contributed by atoms with Crippen LogP contribution in [-0.4, -0.2) is 28.9 Å². The van der Waals surface area contributed by atoms with Crippen molar-refractivity contribution in [3.05, 3.63) is 69.8 Å². The third-order valence-electron chi connectivity index (χ3n) is 4.40. The van der Waals surface area contributed by atoms with Crippen LogP contribution in [0.25, 0.3) is 11.1 Å². The number of amides is 1. The van der Waals surface area contributed by atoms with Crippen LogP contribution in [0, 0.1) is 0 Å². The van der Waals surface area contributed by atoms with E-state index in [1.54, 1.807) is 0 Å². The number of hydrogen-bond acceptors (Lipinski definition) is 5. The Hall–Kier alpha value is -3.13. The summed E-state index contributed by atoms with van der Waals surface area (Å²) in [5, 5.41) is 14.7. The minimum atomic E-state index is -1.27. The highest BCUT2D eigenvalue weighted by molar-refractivity contribution is 9.10. The molecule has 1 aromatic heterocycles. The van der Waals surface area contributed by atoms with Gasteiger partial charge < -0.3 is 14.4 Å². The molecule has 1 heterocycles. The number of halogens is 1. The molecular formula is C19H13BrN2O5. The second kappa shape index (κ2) is 6.88. The third kappa shape index (κ3) is 3.08. The van der Waals surface area contributed by atoms with E-state index in [9.17, 15) is 9.59 Å². The van der Waals surface area contributed by atoms with Gasteiger partial charge >= 0.3 is 12.1 Å². The van der Waals surface area contributed by atoms with Crippen LogP contribution < -0.4 is 5.32 Å². The molecule has 0 fully saturated rings. The SMILES string of the molecule is O=C(Nc1onc(C(=O)O)c1Br)OCC1c2ccccc2-c2ccccc21. The average molecular weight is 429 g/mol. The number of benzene rings is 2. The Kier molecular flexibility index (Phi) is 4.41. The van der Waals surface area contributed by atoms with Gasteiger partial charge in [-0.25, -0.2) is 9.59 Å². The van der Waals surface area contributed by atoms with Gasteiger partial charge in [-0.15, -0.1) is 0 Å². The predicted octanol–water partition coefficient (Wildman–Crippen LogP) is 4.50. The van der Waals surface area contributed by atoms with E-state index in [1.807, 2.05) is 48.5 Å². The fraction of sp³-hybridized carbons (Fsp3) is 0.105. The molecule has 0 bridgehead atoms. The molecule has 136 valence electrons. The second-order valence-corrected chi connectivity index (χ2v) is 6.72. The number of fused-ring (bicyclic) bond motifs is 3. The van der Waals surface area contributed by atoms with Gasteiger partial charge in [0.25, 0.3) is 0 Å². The summed E-state index contributed by atoms with van der Waals surface area (Å²) < 4.78 is 10.2. The molecule has 3 aromatic rings. The number of carbonyl (C=O) groups is 2. The first-order chi connectivity index (χ1) is 13.1. The van der Waals surface area contributed by atoms with Crippen molar-refractivity contribution < 1.29 is 24.0 Å². The Morgan fingerprint density at radius 2 is 1.70 bits per heavy atom.